The highest BCUT2D eigenvalue weighted by molar-refractivity contribution is 5.29. The van der Waals surface area contributed by atoms with E-state index in [2.05, 4.69) is 30.2 Å². The Morgan fingerprint density at radius 1 is 1.42 bits per heavy atom. The molecule has 0 saturated heterocycles. The van der Waals surface area contributed by atoms with E-state index in [-0.39, 0.29) is 0 Å². The quantitative estimate of drug-likeness (QED) is 0.779. The third kappa shape index (κ3) is 4.83. The fraction of sp³-hybridized carbons (Fsp3) is 0.688. The van der Waals surface area contributed by atoms with Gasteiger partial charge in [-0.25, -0.2) is 0 Å². The molecule has 0 bridgehead atoms. The standard InChI is InChI=1S/C16H26N2O/c1-4-5-12(2)11-19-16-9-6-13(3)18-15(16)10-17-14-7-8-14/h6,9,12,14,17H,4-5,7-8,10-11H2,1-3H3. The summed E-state index contributed by atoms with van der Waals surface area (Å²) in [7, 11) is 0. The lowest BCUT2D eigenvalue weighted by Gasteiger charge is -2.15. The summed E-state index contributed by atoms with van der Waals surface area (Å²) < 4.78 is 5.96. The van der Waals surface area contributed by atoms with Crippen molar-refractivity contribution in [2.24, 2.45) is 5.92 Å². The molecule has 1 atom stereocenters. The molecule has 19 heavy (non-hydrogen) atoms. The third-order valence-electron chi connectivity index (χ3n) is 3.51. The zero-order valence-electron chi connectivity index (χ0n) is 12.4. The molecule has 1 N–H and O–H groups in total. The molecule has 106 valence electrons. The van der Waals surface area contributed by atoms with Crippen molar-refractivity contribution in [2.45, 2.75) is 59.0 Å². The average Bonchev–Trinajstić information content (AvgIpc) is 3.19. The van der Waals surface area contributed by atoms with E-state index in [4.69, 9.17) is 4.74 Å². The first-order valence-electron chi connectivity index (χ1n) is 7.51. The van der Waals surface area contributed by atoms with Gasteiger partial charge in [-0.1, -0.05) is 20.3 Å². The summed E-state index contributed by atoms with van der Waals surface area (Å²) in [6.07, 6.45) is 5.03. The summed E-state index contributed by atoms with van der Waals surface area (Å²) in [6.45, 7) is 8.10. The second-order valence-electron chi connectivity index (χ2n) is 5.76. The van der Waals surface area contributed by atoms with Gasteiger partial charge < -0.3 is 10.1 Å². The second kappa shape index (κ2) is 6.90. The zero-order chi connectivity index (χ0) is 13.7. The Morgan fingerprint density at radius 3 is 2.89 bits per heavy atom. The van der Waals surface area contributed by atoms with E-state index in [9.17, 15) is 0 Å². The first-order chi connectivity index (χ1) is 9.19. The number of pyridine rings is 1. The molecule has 1 fully saturated rings. The molecule has 3 nitrogen and oxygen atoms in total. The summed E-state index contributed by atoms with van der Waals surface area (Å²) in [4.78, 5) is 4.61. The minimum absolute atomic E-state index is 0.607. The van der Waals surface area contributed by atoms with Gasteiger partial charge in [-0.05, 0) is 44.2 Å². The molecule has 1 aliphatic rings. The van der Waals surface area contributed by atoms with Crippen molar-refractivity contribution in [2.75, 3.05) is 6.61 Å². The van der Waals surface area contributed by atoms with Gasteiger partial charge in [-0.2, -0.15) is 0 Å². The Bertz CT molecular complexity index is 402. The van der Waals surface area contributed by atoms with Crippen molar-refractivity contribution in [3.63, 3.8) is 0 Å². The molecule has 1 aromatic heterocycles. The zero-order valence-corrected chi connectivity index (χ0v) is 12.4. The fourth-order valence-electron chi connectivity index (χ4n) is 2.19. The number of hydrogen-bond acceptors (Lipinski definition) is 3. The van der Waals surface area contributed by atoms with E-state index in [0.29, 0.717) is 12.0 Å². The minimum atomic E-state index is 0.607. The summed E-state index contributed by atoms with van der Waals surface area (Å²) >= 11 is 0. The number of aromatic nitrogens is 1. The van der Waals surface area contributed by atoms with Crippen LogP contribution in [0.3, 0.4) is 0 Å². The van der Waals surface area contributed by atoms with Gasteiger partial charge in [0.2, 0.25) is 0 Å². The van der Waals surface area contributed by atoms with Crippen molar-refractivity contribution >= 4 is 0 Å². The monoisotopic (exact) mass is 262 g/mol. The molecule has 0 spiro atoms. The van der Waals surface area contributed by atoms with E-state index in [1.807, 2.05) is 13.0 Å². The molecule has 0 amide bonds. The number of rotatable bonds is 8. The van der Waals surface area contributed by atoms with Crippen LogP contribution < -0.4 is 10.1 Å². The highest BCUT2D eigenvalue weighted by atomic mass is 16.5. The van der Waals surface area contributed by atoms with Crippen LogP contribution in [0.2, 0.25) is 0 Å². The minimum Gasteiger partial charge on any atom is -0.491 e. The third-order valence-corrected chi connectivity index (χ3v) is 3.51. The van der Waals surface area contributed by atoms with Crippen molar-refractivity contribution in [3.05, 3.63) is 23.5 Å². The molecule has 1 unspecified atom stereocenters. The number of ether oxygens (including phenoxy) is 1. The molecule has 3 heteroatoms. The highest BCUT2D eigenvalue weighted by Gasteiger charge is 2.21. The van der Waals surface area contributed by atoms with Gasteiger partial charge in [0, 0.05) is 18.3 Å². The van der Waals surface area contributed by atoms with Crippen LogP contribution in [0.15, 0.2) is 12.1 Å². The van der Waals surface area contributed by atoms with Crippen LogP contribution in [-0.4, -0.2) is 17.6 Å². The maximum Gasteiger partial charge on any atom is 0.142 e. The molecular formula is C16H26N2O. The SMILES string of the molecule is CCCC(C)COc1ccc(C)nc1CNC1CC1. The second-order valence-corrected chi connectivity index (χ2v) is 5.76. The molecule has 1 saturated carbocycles. The van der Waals surface area contributed by atoms with Crippen molar-refractivity contribution < 1.29 is 4.74 Å². The van der Waals surface area contributed by atoms with Crippen molar-refractivity contribution in [1.29, 1.82) is 0 Å². The van der Waals surface area contributed by atoms with Gasteiger partial charge in [-0.3, -0.25) is 4.98 Å². The van der Waals surface area contributed by atoms with Crippen LogP contribution in [-0.2, 0) is 6.54 Å². The van der Waals surface area contributed by atoms with Crippen LogP contribution in [0.4, 0.5) is 0 Å². The van der Waals surface area contributed by atoms with Crippen LogP contribution in [0.1, 0.15) is 50.9 Å². The Kier molecular flexibility index (Phi) is 5.20. The van der Waals surface area contributed by atoms with E-state index in [1.54, 1.807) is 0 Å². The number of hydrogen-bond donors (Lipinski definition) is 1. The molecule has 1 aromatic rings. The van der Waals surface area contributed by atoms with Gasteiger partial charge in [0.05, 0.1) is 12.3 Å². The summed E-state index contributed by atoms with van der Waals surface area (Å²) in [6, 6.07) is 4.79. The van der Waals surface area contributed by atoms with E-state index >= 15 is 0 Å². The topological polar surface area (TPSA) is 34.1 Å². The van der Waals surface area contributed by atoms with Gasteiger partial charge in [0.25, 0.3) is 0 Å². The molecule has 1 aliphatic carbocycles. The Labute approximate surface area is 116 Å². The Balaban J connectivity index is 1.92. The summed E-state index contributed by atoms with van der Waals surface area (Å²) in [5.74, 6) is 1.55. The Hall–Kier alpha value is -1.09. The lowest BCUT2D eigenvalue weighted by atomic mass is 10.1. The largest absolute Gasteiger partial charge is 0.491 e. The molecule has 0 aromatic carbocycles. The predicted octanol–water partition coefficient (Wildman–Crippen LogP) is 3.46. The first-order valence-corrected chi connectivity index (χ1v) is 7.51. The number of nitrogens with one attached hydrogen (secondary N) is 1. The average molecular weight is 262 g/mol. The highest BCUT2D eigenvalue weighted by Crippen LogP contribution is 2.22. The van der Waals surface area contributed by atoms with Crippen LogP contribution in [0, 0.1) is 12.8 Å². The first kappa shape index (κ1) is 14.3. The van der Waals surface area contributed by atoms with Crippen molar-refractivity contribution in [1.82, 2.24) is 10.3 Å². The molecule has 0 radical (unpaired) electrons. The molecular weight excluding hydrogens is 236 g/mol. The number of nitrogens with zero attached hydrogens (tertiary/aromatic N) is 1. The van der Waals surface area contributed by atoms with Gasteiger partial charge >= 0.3 is 0 Å². The van der Waals surface area contributed by atoms with E-state index in [1.165, 1.54) is 25.7 Å². The number of aryl methyl sites for hydroxylation is 1. The lowest BCUT2D eigenvalue weighted by molar-refractivity contribution is 0.247. The lowest BCUT2D eigenvalue weighted by Crippen LogP contribution is -2.18. The van der Waals surface area contributed by atoms with E-state index in [0.717, 1.165) is 30.3 Å². The van der Waals surface area contributed by atoms with Gasteiger partial charge in [0.1, 0.15) is 5.75 Å². The van der Waals surface area contributed by atoms with Crippen LogP contribution >= 0.6 is 0 Å². The fourth-order valence-corrected chi connectivity index (χ4v) is 2.19. The summed E-state index contributed by atoms with van der Waals surface area (Å²) in [5.41, 5.74) is 2.11. The van der Waals surface area contributed by atoms with Gasteiger partial charge in [-0.15, -0.1) is 0 Å². The maximum absolute atomic E-state index is 5.96. The predicted molar refractivity (Wildman–Crippen MR) is 78.4 cm³/mol. The van der Waals surface area contributed by atoms with Crippen LogP contribution in [0.5, 0.6) is 5.75 Å². The Morgan fingerprint density at radius 2 is 2.21 bits per heavy atom. The molecule has 1 heterocycles. The normalized spacial score (nSPS) is 16.4. The smallest absolute Gasteiger partial charge is 0.142 e. The maximum atomic E-state index is 5.96. The van der Waals surface area contributed by atoms with Gasteiger partial charge in [0.15, 0.2) is 0 Å². The molecule has 0 aliphatic heterocycles. The van der Waals surface area contributed by atoms with Crippen LogP contribution in [0.25, 0.3) is 0 Å². The summed E-state index contributed by atoms with van der Waals surface area (Å²) in [5, 5.41) is 3.51. The van der Waals surface area contributed by atoms with E-state index < -0.39 is 0 Å². The molecule has 2 rings (SSSR count). The van der Waals surface area contributed by atoms with Crippen molar-refractivity contribution in [3.8, 4) is 5.75 Å².